The van der Waals surface area contributed by atoms with Gasteiger partial charge in [0.25, 0.3) is 0 Å². The van der Waals surface area contributed by atoms with Crippen molar-refractivity contribution in [1.29, 1.82) is 0 Å². The van der Waals surface area contributed by atoms with Crippen LogP contribution < -0.4 is 4.74 Å². The first kappa shape index (κ1) is 15.2. The molecule has 2 unspecified atom stereocenters. The molecule has 2 aliphatic rings. The third-order valence-electron chi connectivity index (χ3n) is 4.49. The summed E-state index contributed by atoms with van der Waals surface area (Å²) in [6.07, 6.45) is -3.62. The molecule has 0 aromatic heterocycles. The van der Waals surface area contributed by atoms with Crippen molar-refractivity contribution in [3.05, 3.63) is 28.2 Å². The molecule has 1 aliphatic carbocycles. The van der Waals surface area contributed by atoms with E-state index in [1.807, 2.05) is 0 Å². The summed E-state index contributed by atoms with van der Waals surface area (Å²) in [6.45, 7) is 0. The van der Waals surface area contributed by atoms with E-state index < -0.39 is 23.8 Å². The third-order valence-corrected chi connectivity index (χ3v) is 4.99. The monoisotopic (exact) mass is 364 g/mol. The standard InChI is InChI=1S/C15H16BrF3O2/c16-10-3-4-11-12(20)8-14(21-13(11)6-10)5-1-2-9(7-14)15(17,18)19/h3-4,6,9,12,20H,1-2,5,7-8H2/t9?,12-,14?/m1/s1. The third kappa shape index (κ3) is 2.93. The number of rotatable bonds is 0. The number of hydrogen-bond donors (Lipinski definition) is 1. The van der Waals surface area contributed by atoms with Crippen molar-refractivity contribution in [2.75, 3.05) is 0 Å². The van der Waals surface area contributed by atoms with Crippen LogP contribution in [-0.4, -0.2) is 16.9 Å². The molecule has 1 spiro atoms. The van der Waals surface area contributed by atoms with Gasteiger partial charge in [-0.2, -0.15) is 13.2 Å². The summed E-state index contributed by atoms with van der Waals surface area (Å²) in [5.74, 6) is -0.849. The summed E-state index contributed by atoms with van der Waals surface area (Å²) in [4.78, 5) is 0. The largest absolute Gasteiger partial charge is 0.487 e. The Morgan fingerprint density at radius 3 is 2.76 bits per heavy atom. The molecule has 3 rings (SSSR count). The number of ether oxygens (including phenoxy) is 1. The molecule has 0 amide bonds. The molecule has 21 heavy (non-hydrogen) atoms. The molecule has 0 saturated heterocycles. The first-order chi connectivity index (χ1) is 9.79. The summed E-state index contributed by atoms with van der Waals surface area (Å²) < 4.78 is 45.8. The SMILES string of the molecule is O[C@@H]1CC2(CCCC(C(F)(F)F)C2)Oc2cc(Br)ccc21. The minimum atomic E-state index is -4.20. The summed E-state index contributed by atoms with van der Waals surface area (Å²) in [5.41, 5.74) is -0.246. The van der Waals surface area contributed by atoms with Crippen molar-refractivity contribution in [2.24, 2.45) is 5.92 Å². The Labute approximate surface area is 129 Å². The van der Waals surface area contributed by atoms with Gasteiger partial charge in [-0.3, -0.25) is 0 Å². The van der Waals surface area contributed by atoms with Crippen LogP contribution in [0.3, 0.4) is 0 Å². The van der Waals surface area contributed by atoms with Crippen molar-refractivity contribution in [1.82, 2.24) is 0 Å². The van der Waals surface area contributed by atoms with Gasteiger partial charge in [-0.15, -0.1) is 0 Å². The van der Waals surface area contributed by atoms with Gasteiger partial charge in [0.1, 0.15) is 11.4 Å². The molecule has 1 aliphatic heterocycles. The minimum absolute atomic E-state index is 0.0699. The van der Waals surface area contributed by atoms with E-state index in [4.69, 9.17) is 4.74 Å². The molecular weight excluding hydrogens is 349 g/mol. The normalized spacial score (nSPS) is 32.6. The van der Waals surface area contributed by atoms with E-state index >= 15 is 0 Å². The number of halogens is 4. The number of aliphatic hydroxyl groups excluding tert-OH is 1. The number of aliphatic hydroxyl groups is 1. The highest BCUT2D eigenvalue weighted by atomic mass is 79.9. The molecule has 1 aromatic rings. The molecule has 1 fully saturated rings. The van der Waals surface area contributed by atoms with Crippen LogP contribution in [0.4, 0.5) is 13.2 Å². The number of fused-ring (bicyclic) bond motifs is 1. The van der Waals surface area contributed by atoms with Gasteiger partial charge in [0, 0.05) is 16.5 Å². The fourth-order valence-corrected chi connectivity index (χ4v) is 3.83. The minimum Gasteiger partial charge on any atom is -0.487 e. The van der Waals surface area contributed by atoms with E-state index in [9.17, 15) is 18.3 Å². The maximum Gasteiger partial charge on any atom is 0.391 e. The van der Waals surface area contributed by atoms with Crippen LogP contribution in [-0.2, 0) is 0 Å². The van der Waals surface area contributed by atoms with Gasteiger partial charge in [0.2, 0.25) is 0 Å². The maximum atomic E-state index is 13.0. The van der Waals surface area contributed by atoms with Crippen molar-refractivity contribution in [3.63, 3.8) is 0 Å². The van der Waals surface area contributed by atoms with Gasteiger partial charge in [-0.25, -0.2) is 0 Å². The highest BCUT2D eigenvalue weighted by molar-refractivity contribution is 9.10. The van der Waals surface area contributed by atoms with Crippen LogP contribution in [0.1, 0.15) is 43.8 Å². The average Bonchev–Trinajstić information content (AvgIpc) is 2.36. The van der Waals surface area contributed by atoms with Gasteiger partial charge in [-0.05, 0) is 37.8 Å². The average molecular weight is 365 g/mol. The van der Waals surface area contributed by atoms with E-state index in [1.54, 1.807) is 18.2 Å². The van der Waals surface area contributed by atoms with Crippen LogP contribution in [0.15, 0.2) is 22.7 Å². The number of benzene rings is 1. The highest BCUT2D eigenvalue weighted by Gasteiger charge is 2.51. The Kier molecular flexibility index (Phi) is 3.72. The van der Waals surface area contributed by atoms with Crippen molar-refractivity contribution >= 4 is 15.9 Å². The van der Waals surface area contributed by atoms with E-state index in [-0.39, 0.29) is 19.3 Å². The number of hydrogen-bond acceptors (Lipinski definition) is 2. The second-order valence-electron chi connectivity index (χ2n) is 6.02. The second kappa shape index (κ2) is 5.16. The smallest absolute Gasteiger partial charge is 0.391 e. The fraction of sp³-hybridized carbons (Fsp3) is 0.600. The van der Waals surface area contributed by atoms with Gasteiger partial charge >= 0.3 is 6.18 Å². The van der Waals surface area contributed by atoms with Crippen LogP contribution >= 0.6 is 15.9 Å². The zero-order valence-electron chi connectivity index (χ0n) is 11.3. The predicted molar refractivity (Wildman–Crippen MR) is 75.1 cm³/mol. The molecule has 1 aromatic carbocycles. The quantitative estimate of drug-likeness (QED) is 0.719. The van der Waals surface area contributed by atoms with Gasteiger partial charge in [-0.1, -0.05) is 22.0 Å². The lowest BCUT2D eigenvalue weighted by atomic mass is 9.73. The summed E-state index contributed by atoms with van der Waals surface area (Å²) >= 11 is 3.32. The molecule has 0 bridgehead atoms. The lowest BCUT2D eigenvalue weighted by molar-refractivity contribution is -0.201. The topological polar surface area (TPSA) is 29.5 Å². The second-order valence-corrected chi connectivity index (χ2v) is 6.94. The van der Waals surface area contributed by atoms with Crippen molar-refractivity contribution in [2.45, 2.75) is 50.0 Å². The molecule has 1 heterocycles. The number of alkyl halides is 3. The Balaban J connectivity index is 1.90. The van der Waals surface area contributed by atoms with Crippen LogP contribution in [0.25, 0.3) is 0 Å². The van der Waals surface area contributed by atoms with E-state index in [1.165, 1.54) is 0 Å². The molecule has 1 N–H and O–H groups in total. The lowest BCUT2D eigenvalue weighted by Gasteiger charge is -2.45. The Morgan fingerprint density at radius 2 is 2.05 bits per heavy atom. The fourth-order valence-electron chi connectivity index (χ4n) is 3.49. The molecule has 6 heteroatoms. The van der Waals surface area contributed by atoms with E-state index in [0.29, 0.717) is 24.2 Å². The summed E-state index contributed by atoms with van der Waals surface area (Å²) in [7, 11) is 0. The molecular formula is C15H16BrF3O2. The first-order valence-electron chi connectivity index (χ1n) is 7.02. The summed E-state index contributed by atoms with van der Waals surface area (Å²) in [5, 5.41) is 10.3. The zero-order valence-corrected chi connectivity index (χ0v) is 12.9. The Morgan fingerprint density at radius 1 is 1.29 bits per heavy atom. The highest BCUT2D eigenvalue weighted by Crippen LogP contribution is 2.50. The molecule has 116 valence electrons. The van der Waals surface area contributed by atoms with Crippen LogP contribution in [0.2, 0.25) is 0 Å². The van der Waals surface area contributed by atoms with Gasteiger partial charge < -0.3 is 9.84 Å². The maximum absolute atomic E-state index is 13.0. The van der Waals surface area contributed by atoms with Crippen LogP contribution in [0.5, 0.6) is 5.75 Å². The zero-order chi connectivity index (χ0) is 15.3. The van der Waals surface area contributed by atoms with Gasteiger partial charge in [0.05, 0.1) is 12.0 Å². The van der Waals surface area contributed by atoms with E-state index in [0.717, 1.165) is 4.47 Å². The summed E-state index contributed by atoms with van der Waals surface area (Å²) in [6, 6.07) is 5.26. The molecule has 1 saturated carbocycles. The Hall–Kier alpha value is -0.750. The molecule has 0 radical (unpaired) electrons. The van der Waals surface area contributed by atoms with E-state index in [2.05, 4.69) is 15.9 Å². The van der Waals surface area contributed by atoms with Crippen LogP contribution in [0, 0.1) is 5.92 Å². The molecule has 2 nitrogen and oxygen atoms in total. The first-order valence-corrected chi connectivity index (χ1v) is 7.82. The van der Waals surface area contributed by atoms with Crippen molar-refractivity contribution in [3.8, 4) is 5.75 Å². The lowest BCUT2D eigenvalue weighted by Crippen LogP contribution is -2.47. The van der Waals surface area contributed by atoms with Crippen molar-refractivity contribution < 1.29 is 23.0 Å². The Bertz CT molecular complexity index is 546. The molecule has 3 atom stereocenters. The predicted octanol–water partition coefficient (Wildman–Crippen LogP) is 4.76. The van der Waals surface area contributed by atoms with Gasteiger partial charge in [0.15, 0.2) is 0 Å².